The van der Waals surface area contributed by atoms with Gasteiger partial charge < -0.3 is 4.90 Å². The van der Waals surface area contributed by atoms with Gasteiger partial charge in [-0.2, -0.15) is 4.31 Å². The summed E-state index contributed by atoms with van der Waals surface area (Å²) >= 11 is 0. The largest absolute Gasteiger partial charge is 0.336 e. The number of rotatable bonds is 4. The summed E-state index contributed by atoms with van der Waals surface area (Å²) in [6, 6.07) is 10.4. The molecule has 0 aliphatic carbocycles. The molecule has 1 fully saturated rings. The lowest BCUT2D eigenvalue weighted by molar-refractivity contribution is 0.0756. The molecule has 3 aromatic rings. The van der Waals surface area contributed by atoms with Crippen LogP contribution in [-0.2, 0) is 10.0 Å². The predicted molar refractivity (Wildman–Crippen MR) is 109 cm³/mol. The van der Waals surface area contributed by atoms with E-state index in [2.05, 4.69) is 4.98 Å². The molecule has 1 aliphatic rings. The van der Waals surface area contributed by atoms with Crippen molar-refractivity contribution in [2.24, 2.45) is 0 Å². The molecular weight excluding hydrogens is 426 g/mol. The van der Waals surface area contributed by atoms with E-state index in [1.807, 2.05) is 0 Å². The first-order valence-electron chi connectivity index (χ1n) is 9.69. The van der Waals surface area contributed by atoms with E-state index in [0.29, 0.717) is 24.3 Å². The summed E-state index contributed by atoms with van der Waals surface area (Å²) in [5, 5.41) is 0. The molecule has 31 heavy (non-hydrogen) atoms. The maximum atomic E-state index is 13.2. The van der Waals surface area contributed by atoms with Gasteiger partial charge in [0, 0.05) is 31.9 Å². The van der Waals surface area contributed by atoms with E-state index in [1.165, 1.54) is 41.1 Å². The first-order chi connectivity index (χ1) is 14.9. The van der Waals surface area contributed by atoms with Crippen LogP contribution < -0.4 is 0 Å². The van der Waals surface area contributed by atoms with E-state index >= 15 is 0 Å². The molecule has 1 aliphatic heterocycles. The van der Waals surface area contributed by atoms with E-state index in [9.17, 15) is 22.0 Å². The Kier molecular flexibility index (Phi) is 5.84. The lowest BCUT2D eigenvalue weighted by atomic mass is 10.3. The molecule has 0 spiro atoms. The van der Waals surface area contributed by atoms with Crippen molar-refractivity contribution in [1.29, 1.82) is 0 Å². The van der Waals surface area contributed by atoms with Gasteiger partial charge >= 0.3 is 0 Å². The lowest BCUT2D eigenvalue weighted by Crippen LogP contribution is -2.37. The summed E-state index contributed by atoms with van der Waals surface area (Å²) in [6.07, 6.45) is 3.37. The molecule has 10 heteroatoms. The van der Waals surface area contributed by atoms with Gasteiger partial charge in [0.1, 0.15) is 17.3 Å². The molecule has 0 bridgehead atoms. The maximum absolute atomic E-state index is 13.2. The van der Waals surface area contributed by atoms with Gasteiger partial charge in [-0.05, 0) is 55.0 Å². The second-order valence-electron chi connectivity index (χ2n) is 7.13. The fraction of sp³-hybridized carbons (Fsp3) is 0.238. The van der Waals surface area contributed by atoms with Crippen LogP contribution in [0.15, 0.2) is 66.0 Å². The number of nitrogens with zero attached hydrogens (tertiary/aromatic N) is 4. The number of amides is 1. The van der Waals surface area contributed by atoms with Crippen molar-refractivity contribution >= 4 is 15.9 Å². The average Bonchev–Trinajstić information content (AvgIpc) is 3.10. The van der Waals surface area contributed by atoms with Crippen molar-refractivity contribution < 1.29 is 22.0 Å². The first-order valence-corrected chi connectivity index (χ1v) is 11.1. The van der Waals surface area contributed by atoms with Crippen molar-refractivity contribution in [3.05, 3.63) is 78.4 Å². The molecule has 1 saturated heterocycles. The molecule has 0 unspecified atom stereocenters. The van der Waals surface area contributed by atoms with Gasteiger partial charge in [0.25, 0.3) is 5.91 Å². The van der Waals surface area contributed by atoms with Gasteiger partial charge in [0.2, 0.25) is 10.0 Å². The third-order valence-electron chi connectivity index (χ3n) is 5.16. The van der Waals surface area contributed by atoms with Crippen LogP contribution in [-0.4, -0.2) is 59.3 Å². The lowest BCUT2D eigenvalue weighted by Gasteiger charge is -2.22. The number of carbonyl (C=O) groups is 1. The van der Waals surface area contributed by atoms with Crippen LogP contribution in [0, 0.1) is 11.6 Å². The Morgan fingerprint density at radius 1 is 0.871 bits per heavy atom. The second kappa shape index (κ2) is 8.56. The highest BCUT2D eigenvalue weighted by molar-refractivity contribution is 7.89. The SMILES string of the molecule is O=C(c1cncn1-c1ccc(F)cc1)N1CCCN(S(=O)(=O)c2ccc(F)cc2)CC1. The Balaban J connectivity index is 1.51. The topological polar surface area (TPSA) is 75.5 Å². The number of imidazole rings is 1. The number of aromatic nitrogens is 2. The van der Waals surface area contributed by atoms with E-state index < -0.39 is 15.8 Å². The summed E-state index contributed by atoms with van der Waals surface area (Å²) in [7, 11) is -3.78. The van der Waals surface area contributed by atoms with Crippen LogP contribution in [0.25, 0.3) is 5.69 Å². The standard InChI is InChI=1S/C21H20F2N4O3S/c22-16-2-6-18(7-3-16)27-15-24-14-20(27)21(28)25-10-1-11-26(13-12-25)31(29,30)19-8-4-17(23)5-9-19/h2-9,14-15H,1,10-13H2. The number of halogens is 2. The summed E-state index contributed by atoms with van der Waals surface area (Å²) in [5.74, 6) is -1.18. The number of hydrogen-bond donors (Lipinski definition) is 0. The third kappa shape index (κ3) is 4.35. The Hall–Kier alpha value is -3.11. The zero-order valence-corrected chi connectivity index (χ0v) is 17.3. The van der Waals surface area contributed by atoms with Gasteiger partial charge in [0.05, 0.1) is 17.4 Å². The van der Waals surface area contributed by atoms with Crippen LogP contribution in [0.3, 0.4) is 0 Å². The Morgan fingerprint density at radius 3 is 2.19 bits per heavy atom. The van der Waals surface area contributed by atoms with Crippen LogP contribution in [0.2, 0.25) is 0 Å². The van der Waals surface area contributed by atoms with Crippen molar-refractivity contribution in [2.45, 2.75) is 11.3 Å². The third-order valence-corrected chi connectivity index (χ3v) is 7.07. The quantitative estimate of drug-likeness (QED) is 0.618. The first kappa shape index (κ1) is 21.1. The molecule has 4 rings (SSSR count). The Morgan fingerprint density at radius 2 is 1.52 bits per heavy atom. The molecule has 0 N–H and O–H groups in total. The van der Waals surface area contributed by atoms with Gasteiger partial charge in [0.15, 0.2) is 0 Å². The monoisotopic (exact) mass is 446 g/mol. The van der Waals surface area contributed by atoms with Crippen molar-refractivity contribution in [3.8, 4) is 5.69 Å². The predicted octanol–water partition coefficient (Wildman–Crippen LogP) is 2.69. The minimum absolute atomic E-state index is 0.0167. The van der Waals surface area contributed by atoms with Crippen LogP contribution in [0.4, 0.5) is 8.78 Å². The zero-order valence-electron chi connectivity index (χ0n) is 16.5. The fourth-order valence-corrected chi connectivity index (χ4v) is 4.99. The number of hydrogen-bond acceptors (Lipinski definition) is 4. The minimum Gasteiger partial charge on any atom is -0.336 e. The molecule has 2 aromatic carbocycles. The van der Waals surface area contributed by atoms with Gasteiger partial charge in [-0.15, -0.1) is 0 Å². The molecule has 2 heterocycles. The van der Waals surface area contributed by atoms with Crippen molar-refractivity contribution in [1.82, 2.24) is 18.8 Å². The van der Waals surface area contributed by atoms with Crippen molar-refractivity contribution in [3.63, 3.8) is 0 Å². The number of carbonyl (C=O) groups excluding carboxylic acids is 1. The maximum Gasteiger partial charge on any atom is 0.272 e. The summed E-state index contributed by atoms with van der Waals surface area (Å²) < 4.78 is 55.0. The van der Waals surface area contributed by atoms with Gasteiger partial charge in [-0.1, -0.05) is 0 Å². The molecule has 1 aromatic heterocycles. The molecule has 7 nitrogen and oxygen atoms in total. The molecule has 0 atom stereocenters. The fourth-order valence-electron chi connectivity index (χ4n) is 3.52. The molecule has 1 amide bonds. The van der Waals surface area contributed by atoms with Crippen molar-refractivity contribution in [2.75, 3.05) is 26.2 Å². The molecular formula is C21H20F2N4O3S. The smallest absolute Gasteiger partial charge is 0.272 e. The van der Waals surface area contributed by atoms with E-state index in [0.717, 1.165) is 12.1 Å². The Bertz CT molecular complexity index is 1180. The second-order valence-corrected chi connectivity index (χ2v) is 9.07. The summed E-state index contributed by atoms with van der Waals surface area (Å²) in [6.45, 7) is 0.952. The van der Waals surface area contributed by atoms with Gasteiger partial charge in [-0.25, -0.2) is 22.2 Å². The highest BCUT2D eigenvalue weighted by Gasteiger charge is 2.29. The summed E-state index contributed by atoms with van der Waals surface area (Å²) in [4.78, 5) is 18.8. The number of benzene rings is 2. The van der Waals surface area contributed by atoms with E-state index in [1.54, 1.807) is 21.6 Å². The van der Waals surface area contributed by atoms with E-state index in [-0.39, 0.29) is 36.3 Å². The van der Waals surface area contributed by atoms with Gasteiger partial charge in [-0.3, -0.25) is 9.36 Å². The number of sulfonamides is 1. The zero-order chi connectivity index (χ0) is 22.0. The van der Waals surface area contributed by atoms with Crippen LogP contribution >= 0.6 is 0 Å². The minimum atomic E-state index is -3.78. The van der Waals surface area contributed by atoms with E-state index in [4.69, 9.17) is 0 Å². The molecule has 162 valence electrons. The highest BCUT2D eigenvalue weighted by Crippen LogP contribution is 2.20. The van der Waals surface area contributed by atoms with Crippen LogP contribution in [0.1, 0.15) is 16.9 Å². The molecule has 0 radical (unpaired) electrons. The normalized spacial score (nSPS) is 15.6. The highest BCUT2D eigenvalue weighted by atomic mass is 32.2. The Labute approximate surface area is 178 Å². The van der Waals surface area contributed by atoms with Crippen LogP contribution in [0.5, 0.6) is 0 Å². The summed E-state index contributed by atoms with van der Waals surface area (Å²) in [5.41, 5.74) is 0.902. The average molecular weight is 446 g/mol. The molecule has 0 saturated carbocycles.